The lowest BCUT2D eigenvalue weighted by Gasteiger charge is -2.37. The van der Waals surface area contributed by atoms with E-state index in [4.69, 9.17) is 33.0 Å². The minimum atomic E-state index is -1.29. The number of rotatable bonds is 4. The highest BCUT2D eigenvalue weighted by Crippen LogP contribution is 2.45. The molecule has 1 aliphatic heterocycles. The number of aromatic nitrogens is 1. The van der Waals surface area contributed by atoms with Crippen molar-refractivity contribution in [2.45, 2.75) is 18.4 Å². The maximum Gasteiger partial charge on any atom is 0.335 e. The van der Waals surface area contributed by atoms with Gasteiger partial charge in [0.05, 0.1) is 34.8 Å². The SMILES string of the molecule is O=C(O)CC1(c2ccc(C(=O)O)cc2)OCCc2c1[nH]c1c(Cl)cc(Cl)cc21. The first-order valence-electron chi connectivity index (χ1n) is 8.51. The summed E-state index contributed by atoms with van der Waals surface area (Å²) in [6.45, 7) is 0.304. The second kappa shape index (κ2) is 6.81. The van der Waals surface area contributed by atoms with Crippen molar-refractivity contribution in [2.75, 3.05) is 6.61 Å². The predicted molar refractivity (Wildman–Crippen MR) is 104 cm³/mol. The number of hydrogen-bond donors (Lipinski definition) is 3. The van der Waals surface area contributed by atoms with Crippen molar-refractivity contribution in [3.63, 3.8) is 0 Å². The molecule has 2 heterocycles. The molecule has 3 aromatic rings. The Bertz CT molecular complexity index is 1110. The number of halogens is 2. The fourth-order valence-electron chi connectivity index (χ4n) is 3.84. The van der Waals surface area contributed by atoms with Crippen LogP contribution in [0.4, 0.5) is 0 Å². The number of ether oxygens (including phenoxy) is 1. The fourth-order valence-corrected chi connectivity index (χ4v) is 4.38. The van der Waals surface area contributed by atoms with Crippen molar-refractivity contribution in [1.82, 2.24) is 4.98 Å². The van der Waals surface area contributed by atoms with E-state index in [-0.39, 0.29) is 12.0 Å². The van der Waals surface area contributed by atoms with Crippen LogP contribution in [0.2, 0.25) is 10.0 Å². The van der Waals surface area contributed by atoms with E-state index in [9.17, 15) is 14.7 Å². The summed E-state index contributed by atoms with van der Waals surface area (Å²) in [5, 5.41) is 20.5. The molecular weight excluding hydrogens is 405 g/mol. The van der Waals surface area contributed by atoms with Crippen molar-refractivity contribution < 1.29 is 24.5 Å². The zero-order chi connectivity index (χ0) is 20.1. The van der Waals surface area contributed by atoms with Gasteiger partial charge in [-0.15, -0.1) is 0 Å². The molecule has 1 atom stereocenters. The third-order valence-corrected chi connectivity index (χ3v) is 5.55. The predicted octanol–water partition coefficient (Wildman–Crippen LogP) is 4.46. The van der Waals surface area contributed by atoms with Crippen LogP contribution >= 0.6 is 23.2 Å². The van der Waals surface area contributed by atoms with E-state index in [0.717, 1.165) is 10.9 Å². The van der Waals surface area contributed by atoms with Gasteiger partial charge >= 0.3 is 11.9 Å². The summed E-state index contributed by atoms with van der Waals surface area (Å²) >= 11 is 12.5. The summed E-state index contributed by atoms with van der Waals surface area (Å²) < 4.78 is 6.05. The van der Waals surface area contributed by atoms with Crippen molar-refractivity contribution in [2.24, 2.45) is 0 Å². The Kier molecular flexibility index (Phi) is 4.57. The molecule has 0 radical (unpaired) electrons. The molecule has 0 saturated carbocycles. The van der Waals surface area contributed by atoms with Crippen LogP contribution in [0.5, 0.6) is 0 Å². The van der Waals surface area contributed by atoms with Gasteiger partial charge in [-0.25, -0.2) is 4.79 Å². The molecule has 0 amide bonds. The molecule has 1 unspecified atom stereocenters. The zero-order valence-corrected chi connectivity index (χ0v) is 16.0. The minimum Gasteiger partial charge on any atom is -0.481 e. The quantitative estimate of drug-likeness (QED) is 0.579. The number of nitrogens with one attached hydrogen (secondary N) is 1. The minimum absolute atomic E-state index is 0.108. The average molecular weight is 420 g/mol. The van der Waals surface area contributed by atoms with Gasteiger partial charge in [0.2, 0.25) is 0 Å². The molecule has 0 fully saturated rings. The summed E-state index contributed by atoms with van der Waals surface area (Å²) in [5.74, 6) is -2.10. The molecule has 1 aliphatic rings. The molecule has 8 heteroatoms. The smallest absolute Gasteiger partial charge is 0.335 e. The Hall–Kier alpha value is -2.54. The highest BCUT2D eigenvalue weighted by Gasteiger charge is 2.44. The van der Waals surface area contributed by atoms with Crippen LogP contribution in [0, 0.1) is 0 Å². The van der Waals surface area contributed by atoms with E-state index in [2.05, 4.69) is 4.98 Å². The Balaban J connectivity index is 1.98. The van der Waals surface area contributed by atoms with Crippen LogP contribution < -0.4 is 0 Å². The van der Waals surface area contributed by atoms with Crippen molar-refractivity contribution in [3.8, 4) is 0 Å². The number of hydrogen-bond acceptors (Lipinski definition) is 3. The van der Waals surface area contributed by atoms with Gasteiger partial charge in [0.1, 0.15) is 5.60 Å². The molecule has 2 aromatic carbocycles. The molecule has 0 bridgehead atoms. The van der Waals surface area contributed by atoms with E-state index >= 15 is 0 Å². The van der Waals surface area contributed by atoms with Gasteiger partial charge < -0.3 is 19.9 Å². The Morgan fingerprint density at radius 1 is 1.14 bits per heavy atom. The highest BCUT2D eigenvalue weighted by atomic mass is 35.5. The number of aliphatic carboxylic acids is 1. The molecule has 4 rings (SSSR count). The van der Waals surface area contributed by atoms with E-state index < -0.39 is 17.5 Å². The van der Waals surface area contributed by atoms with Crippen LogP contribution in [0.25, 0.3) is 10.9 Å². The monoisotopic (exact) mass is 419 g/mol. The van der Waals surface area contributed by atoms with Gasteiger partial charge in [-0.2, -0.15) is 0 Å². The normalized spacial score (nSPS) is 18.8. The van der Waals surface area contributed by atoms with E-state index in [0.29, 0.717) is 39.8 Å². The van der Waals surface area contributed by atoms with Crippen LogP contribution in [0.3, 0.4) is 0 Å². The summed E-state index contributed by atoms with van der Waals surface area (Å²) in [7, 11) is 0. The fraction of sp³-hybridized carbons (Fsp3) is 0.200. The topological polar surface area (TPSA) is 99.6 Å². The molecule has 3 N–H and O–H groups in total. The first-order valence-corrected chi connectivity index (χ1v) is 9.27. The number of fused-ring (bicyclic) bond motifs is 3. The number of carboxylic acids is 2. The first kappa shape index (κ1) is 18.8. The zero-order valence-electron chi connectivity index (χ0n) is 14.5. The van der Waals surface area contributed by atoms with Gasteiger partial charge in [-0.05, 0) is 41.8 Å². The van der Waals surface area contributed by atoms with E-state index in [1.165, 1.54) is 12.1 Å². The van der Waals surface area contributed by atoms with Gasteiger partial charge in [0.25, 0.3) is 0 Å². The molecule has 144 valence electrons. The molecule has 28 heavy (non-hydrogen) atoms. The lowest BCUT2D eigenvalue weighted by Crippen LogP contribution is -2.39. The number of aromatic carboxylic acids is 1. The number of aromatic amines is 1. The molecule has 0 saturated heterocycles. The first-order chi connectivity index (χ1) is 13.3. The van der Waals surface area contributed by atoms with Crippen LogP contribution in [-0.4, -0.2) is 33.7 Å². The number of carboxylic acid groups (broad SMARTS) is 2. The second-order valence-corrected chi connectivity index (χ2v) is 7.51. The maximum atomic E-state index is 11.7. The number of carbonyl (C=O) groups is 2. The number of benzene rings is 2. The van der Waals surface area contributed by atoms with Gasteiger partial charge in [-0.1, -0.05) is 35.3 Å². The molecular formula is C20H15Cl2NO5. The highest BCUT2D eigenvalue weighted by molar-refractivity contribution is 6.38. The maximum absolute atomic E-state index is 11.7. The standard InChI is InChI=1S/C20H15Cl2NO5/c21-12-7-14-13-5-6-28-20(9-16(24)25,18(13)23-17(14)15(22)8-12)11-3-1-10(2-4-11)19(26)27/h1-4,7-8,23H,5-6,9H2,(H,24,25)(H,26,27). The molecule has 6 nitrogen and oxygen atoms in total. The van der Waals surface area contributed by atoms with Crippen molar-refractivity contribution >= 4 is 46.0 Å². The van der Waals surface area contributed by atoms with E-state index in [1.807, 2.05) is 0 Å². The van der Waals surface area contributed by atoms with Crippen LogP contribution in [-0.2, 0) is 21.6 Å². The Labute approximate surface area is 169 Å². The van der Waals surface area contributed by atoms with Crippen LogP contribution in [0.1, 0.15) is 33.6 Å². The molecule has 0 aliphatic carbocycles. The van der Waals surface area contributed by atoms with E-state index in [1.54, 1.807) is 24.3 Å². The third-order valence-electron chi connectivity index (χ3n) is 5.03. The Morgan fingerprint density at radius 2 is 1.86 bits per heavy atom. The van der Waals surface area contributed by atoms with Crippen LogP contribution in [0.15, 0.2) is 36.4 Å². The second-order valence-electron chi connectivity index (χ2n) is 6.67. The van der Waals surface area contributed by atoms with Gasteiger partial charge in [0, 0.05) is 10.4 Å². The average Bonchev–Trinajstić information content (AvgIpc) is 3.02. The summed E-state index contributed by atoms with van der Waals surface area (Å²) in [6, 6.07) is 9.46. The largest absolute Gasteiger partial charge is 0.481 e. The van der Waals surface area contributed by atoms with Crippen molar-refractivity contribution in [3.05, 3.63) is 68.8 Å². The Morgan fingerprint density at radius 3 is 2.50 bits per heavy atom. The number of H-pyrrole nitrogens is 1. The van der Waals surface area contributed by atoms with Gasteiger partial charge in [-0.3, -0.25) is 4.79 Å². The molecule has 0 spiro atoms. The van der Waals surface area contributed by atoms with Gasteiger partial charge in [0.15, 0.2) is 0 Å². The summed E-state index contributed by atoms with van der Waals surface area (Å²) in [4.78, 5) is 26.2. The lowest BCUT2D eigenvalue weighted by molar-refractivity contribution is -0.144. The molecule has 1 aromatic heterocycles. The summed E-state index contributed by atoms with van der Waals surface area (Å²) in [6.07, 6.45) is 0.241. The summed E-state index contributed by atoms with van der Waals surface area (Å²) in [5.41, 5.74) is 1.54. The van der Waals surface area contributed by atoms with Crippen molar-refractivity contribution in [1.29, 1.82) is 0 Å². The lowest BCUT2D eigenvalue weighted by atomic mass is 9.82. The third kappa shape index (κ3) is 2.94.